The second kappa shape index (κ2) is 6.94. The smallest absolute Gasteiger partial charge is 0.225 e. The molecule has 1 heterocycles. The number of benzene rings is 2. The van der Waals surface area contributed by atoms with Crippen LogP contribution >= 0.6 is 0 Å². The van der Waals surface area contributed by atoms with Crippen molar-refractivity contribution in [1.82, 2.24) is 10.6 Å². The maximum Gasteiger partial charge on any atom is 0.225 e. The SMILES string of the molecule is CC(C(=O)NCc1ccc2c(c1)CNC2)C(N)c1ccccc1. The Morgan fingerprint density at radius 2 is 1.91 bits per heavy atom. The summed E-state index contributed by atoms with van der Waals surface area (Å²) in [6.45, 7) is 4.26. The highest BCUT2D eigenvalue weighted by Crippen LogP contribution is 2.20. The Morgan fingerprint density at radius 1 is 1.17 bits per heavy atom. The summed E-state index contributed by atoms with van der Waals surface area (Å²) in [4.78, 5) is 12.4. The molecule has 2 aromatic carbocycles. The van der Waals surface area contributed by atoms with E-state index in [1.54, 1.807) is 0 Å². The maximum atomic E-state index is 12.4. The molecule has 4 heteroatoms. The first-order valence-corrected chi connectivity index (χ1v) is 8.05. The van der Waals surface area contributed by atoms with Gasteiger partial charge in [-0.25, -0.2) is 0 Å². The van der Waals surface area contributed by atoms with Gasteiger partial charge in [0.05, 0.1) is 5.92 Å². The standard InChI is InChI=1S/C19H23N3O/c1-13(18(20)15-5-3-2-4-6-15)19(23)22-10-14-7-8-16-11-21-12-17(16)9-14/h2-9,13,18,21H,10-12,20H2,1H3,(H,22,23). The van der Waals surface area contributed by atoms with Crippen LogP contribution in [-0.4, -0.2) is 5.91 Å². The highest BCUT2D eigenvalue weighted by atomic mass is 16.1. The molecular weight excluding hydrogens is 286 g/mol. The Morgan fingerprint density at radius 3 is 2.70 bits per heavy atom. The fourth-order valence-electron chi connectivity index (χ4n) is 2.94. The Balaban J connectivity index is 1.58. The van der Waals surface area contributed by atoms with Gasteiger partial charge in [0.25, 0.3) is 0 Å². The van der Waals surface area contributed by atoms with Crippen LogP contribution in [0.2, 0.25) is 0 Å². The molecule has 2 aromatic rings. The largest absolute Gasteiger partial charge is 0.352 e. The molecule has 23 heavy (non-hydrogen) atoms. The maximum absolute atomic E-state index is 12.4. The number of hydrogen-bond acceptors (Lipinski definition) is 3. The van der Waals surface area contributed by atoms with Gasteiger partial charge in [-0.05, 0) is 22.3 Å². The fourth-order valence-corrected chi connectivity index (χ4v) is 2.94. The van der Waals surface area contributed by atoms with Crippen molar-refractivity contribution in [3.8, 4) is 0 Å². The number of nitrogens with two attached hydrogens (primary N) is 1. The van der Waals surface area contributed by atoms with Crippen LogP contribution in [0.4, 0.5) is 0 Å². The Kier molecular flexibility index (Phi) is 4.74. The van der Waals surface area contributed by atoms with E-state index in [9.17, 15) is 4.79 Å². The average molecular weight is 309 g/mol. The number of carbonyl (C=O) groups excluding carboxylic acids is 1. The summed E-state index contributed by atoms with van der Waals surface area (Å²) < 4.78 is 0. The summed E-state index contributed by atoms with van der Waals surface area (Å²) in [6, 6.07) is 15.8. The molecular formula is C19H23N3O. The lowest BCUT2D eigenvalue weighted by atomic mass is 9.94. The van der Waals surface area contributed by atoms with Crippen molar-refractivity contribution in [1.29, 1.82) is 0 Å². The molecule has 2 atom stereocenters. The summed E-state index contributed by atoms with van der Waals surface area (Å²) in [5, 5.41) is 6.33. The van der Waals surface area contributed by atoms with E-state index in [1.165, 1.54) is 11.1 Å². The quantitative estimate of drug-likeness (QED) is 0.793. The predicted molar refractivity (Wildman–Crippen MR) is 91.4 cm³/mol. The molecule has 0 aliphatic carbocycles. The first-order valence-electron chi connectivity index (χ1n) is 8.05. The molecule has 0 fully saturated rings. The van der Waals surface area contributed by atoms with Crippen LogP contribution in [0.25, 0.3) is 0 Å². The third-order valence-electron chi connectivity index (χ3n) is 4.51. The molecule has 2 unspecified atom stereocenters. The van der Waals surface area contributed by atoms with Crippen LogP contribution in [-0.2, 0) is 24.4 Å². The highest BCUT2D eigenvalue weighted by Gasteiger charge is 2.21. The molecule has 0 bridgehead atoms. The van der Waals surface area contributed by atoms with E-state index in [4.69, 9.17) is 5.73 Å². The van der Waals surface area contributed by atoms with Gasteiger partial charge in [0.1, 0.15) is 0 Å². The molecule has 3 rings (SSSR count). The first kappa shape index (κ1) is 15.7. The minimum atomic E-state index is -0.291. The van der Waals surface area contributed by atoms with Gasteiger partial charge in [0.2, 0.25) is 5.91 Å². The minimum Gasteiger partial charge on any atom is -0.352 e. The fraction of sp³-hybridized carbons (Fsp3) is 0.316. The highest BCUT2D eigenvalue weighted by molar-refractivity contribution is 5.79. The van der Waals surface area contributed by atoms with Gasteiger partial charge in [0.15, 0.2) is 0 Å². The molecule has 0 saturated heterocycles. The van der Waals surface area contributed by atoms with E-state index >= 15 is 0 Å². The van der Waals surface area contributed by atoms with Crippen molar-refractivity contribution in [2.75, 3.05) is 0 Å². The molecule has 0 aromatic heterocycles. The number of carbonyl (C=O) groups is 1. The zero-order valence-corrected chi connectivity index (χ0v) is 13.4. The zero-order chi connectivity index (χ0) is 16.2. The average Bonchev–Trinajstić information content (AvgIpc) is 3.06. The van der Waals surface area contributed by atoms with Crippen LogP contribution < -0.4 is 16.4 Å². The number of rotatable bonds is 5. The lowest BCUT2D eigenvalue weighted by molar-refractivity contribution is -0.125. The lowest BCUT2D eigenvalue weighted by Crippen LogP contribution is -2.35. The van der Waals surface area contributed by atoms with Gasteiger partial charge in [-0.3, -0.25) is 4.79 Å². The summed E-state index contributed by atoms with van der Waals surface area (Å²) >= 11 is 0. The van der Waals surface area contributed by atoms with Crippen LogP contribution in [0, 0.1) is 5.92 Å². The molecule has 1 aliphatic heterocycles. The van der Waals surface area contributed by atoms with Crippen molar-refractivity contribution in [3.05, 3.63) is 70.8 Å². The molecule has 1 amide bonds. The predicted octanol–water partition coefficient (Wildman–Crippen LogP) is 2.24. The monoisotopic (exact) mass is 309 g/mol. The van der Waals surface area contributed by atoms with Gasteiger partial charge in [0, 0.05) is 25.7 Å². The van der Waals surface area contributed by atoms with Gasteiger partial charge >= 0.3 is 0 Å². The number of amides is 1. The van der Waals surface area contributed by atoms with Crippen LogP contribution in [0.15, 0.2) is 48.5 Å². The lowest BCUT2D eigenvalue weighted by Gasteiger charge is -2.20. The third-order valence-corrected chi connectivity index (χ3v) is 4.51. The molecule has 1 aliphatic rings. The number of hydrogen-bond donors (Lipinski definition) is 3. The van der Waals surface area contributed by atoms with Crippen molar-refractivity contribution >= 4 is 5.91 Å². The molecule has 0 saturated carbocycles. The molecule has 0 radical (unpaired) electrons. The van der Waals surface area contributed by atoms with E-state index in [2.05, 4.69) is 28.8 Å². The van der Waals surface area contributed by atoms with E-state index in [1.807, 2.05) is 37.3 Å². The Bertz CT molecular complexity index is 684. The number of fused-ring (bicyclic) bond motifs is 1. The van der Waals surface area contributed by atoms with Crippen molar-refractivity contribution in [2.24, 2.45) is 11.7 Å². The third kappa shape index (κ3) is 3.60. The molecule has 4 N–H and O–H groups in total. The van der Waals surface area contributed by atoms with Crippen LogP contribution in [0.5, 0.6) is 0 Å². The first-order chi connectivity index (χ1) is 11.1. The van der Waals surface area contributed by atoms with E-state index in [0.717, 1.165) is 24.2 Å². The van der Waals surface area contributed by atoms with Crippen LogP contribution in [0.1, 0.15) is 35.2 Å². The van der Waals surface area contributed by atoms with E-state index in [0.29, 0.717) is 6.54 Å². The van der Waals surface area contributed by atoms with Crippen molar-refractivity contribution in [3.63, 3.8) is 0 Å². The van der Waals surface area contributed by atoms with Gasteiger partial charge in [-0.15, -0.1) is 0 Å². The molecule has 0 spiro atoms. The van der Waals surface area contributed by atoms with Crippen molar-refractivity contribution in [2.45, 2.75) is 32.6 Å². The minimum absolute atomic E-state index is 0.0139. The van der Waals surface area contributed by atoms with E-state index in [-0.39, 0.29) is 17.9 Å². The van der Waals surface area contributed by atoms with Crippen molar-refractivity contribution < 1.29 is 4.79 Å². The van der Waals surface area contributed by atoms with Gasteiger partial charge < -0.3 is 16.4 Å². The van der Waals surface area contributed by atoms with Gasteiger partial charge in [-0.1, -0.05) is 55.5 Å². The second-order valence-electron chi connectivity index (χ2n) is 6.15. The normalized spacial score (nSPS) is 15.7. The summed E-state index contributed by atoms with van der Waals surface area (Å²) in [6.07, 6.45) is 0. The van der Waals surface area contributed by atoms with Crippen LogP contribution in [0.3, 0.4) is 0 Å². The molecule has 4 nitrogen and oxygen atoms in total. The van der Waals surface area contributed by atoms with Gasteiger partial charge in [-0.2, -0.15) is 0 Å². The summed E-state index contributed by atoms with van der Waals surface area (Å²) in [5.74, 6) is -0.284. The second-order valence-corrected chi connectivity index (χ2v) is 6.15. The topological polar surface area (TPSA) is 67.2 Å². The summed E-state index contributed by atoms with van der Waals surface area (Å²) in [7, 11) is 0. The van der Waals surface area contributed by atoms with E-state index < -0.39 is 0 Å². The Hall–Kier alpha value is -2.17. The Labute approximate surface area is 137 Å². The summed E-state index contributed by atoms with van der Waals surface area (Å²) in [5.41, 5.74) is 11.0. The zero-order valence-electron chi connectivity index (χ0n) is 13.4. The molecule has 120 valence electrons. The number of nitrogens with one attached hydrogen (secondary N) is 2.